The molecule has 0 aromatic carbocycles. The number of hydrogen-bond acceptors (Lipinski definition) is 4. The molecule has 0 fully saturated rings. The highest BCUT2D eigenvalue weighted by Crippen LogP contribution is 2.27. The highest BCUT2D eigenvalue weighted by molar-refractivity contribution is 7.91. The fraction of sp³-hybridized carbons (Fsp3) is 0.286. The van der Waals surface area contributed by atoms with Crippen LogP contribution in [0.1, 0.15) is 0 Å². The zero-order chi connectivity index (χ0) is 11.6. The van der Waals surface area contributed by atoms with Gasteiger partial charge in [-0.3, -0.25) is 4.79 Å². The van der Waals surface area contributed by atoms with E-state index >= 15 is 0 Å². The third-order valence-corrected chi connectivity index (χ3v) is 5.07. The first-order valence-electron chi connectivity index (χ1n) is 3.77. The molecule has 15 heavy (non-hydrogen) atoms. The van der Waals surface area contributed by atoms with E-state index in [0.717, 1.165) is 15.6 Å². The predicted octanol–water partition coefficient (Wildman–Crippen LogP) is 1.11. The molecule has 0 amide bonds. The maximum atomic E-state index is 11.7. The molecule has 0 unspecified atom stereocenters. The van der Waals surface area contributed by atoms with Gasteiger partial charge in [-0.25, -0.2) is 8.42 Å². The smallest absolute Gasteiger partial charge is 0.318 e. The fourth-order valence-electron chi connectivity index (χ4n) is 0.865. The third-order valence-electron chi connectivity index (χ3n) is 1.57. The lowest BCUT2D eigenvalue weighted by Gasteiger charge is -2.12. The number of carboxylic acid groups (broad SMARTS) is 1. The van der Waals surface area contributed by atoms with Crippen LogP contribution in [0.3, 0.4) is 0 Å². The molecule has 8 heteroatoms. The Morgan fingerprint density at radius 1 is 1.60 bits per heavy atom. The van der Waals surface area contributed by atoms with Crippen LogP contribution in [0.15, 0.2) is 16.3 Å². The van der Waals surface area contributed by atoms with Crippen LogP contribution in [-0.2, 0) is 14.8 Å². The number of carbonyl (C=O) groups is 1. The summed E-state index contributed by atoms with van der Waals surface area (Å²) < 4.78 is 24.5. The van der Waals surface area contributed by atoms with Gasteiger partial charge in [-0.1, -0.05) is 11.6 Å². The predicted molar refractivity (Wildman–Crippen MR) is 56.8 cm³/mol. The van der Waals surface area contributed by atoms with Crippen molar-refractivity contribution in [2.45, 2.75) is 4.21 Å². The molecule has 0 spiro atoms. The van der Waals surface area contributed by atoms with Crippen LogP contribution in [0.4, 0.5) is 0 Å². The topological polar surface area (TPSA) is 74.7 Å². The first-order chi connectivity index (χ1) is 6.84. The molecule has 0 aliphatic rings. The number of carboxylic acids is 1. The molecule has 1 heterocycles. The Hall–Kier alpha value is -0.630. The van der Waals surface area contributed by atoms with E-state index in [1.54, 1.807) is 0 Å². The van der Waals surface area contributed by atoms with Gasteiger partial charge in [0.2, 0.25) is 0 Å². The van der Waals surface area contributed by atoms with E-state index in [1.165, 1.54) is 19.2 Å². The summed E-state index contributed by atoms with van der Waals surface area (Å²) in [6.45, 7) is -0.572. The number of nitrogens with zero attached hydrogens (tertiary/aromatic N) is 1. The normalized spacial score (nSPS) is 11.9. The zero-order valence-electron chi connectivity index (χ0n) is 7.68. The van der Waals surface area contributed by atoms with E-state index in [1.807, 2.05) is 0 Å². The minimum absolute atomic E-state index is 0.0382. The molecule has 0 saturated heterocycles. The van der Waals surface area contributed by atoms with Gasteiger partial charge < -0.3 is 5.11 Å². The van der Waals surface area contributed by atoms with Crippen LogP contribution in [0.25, 0.3) is 0 Å². The maximum Gasteiger partial charge on any atom is 0.318 e. The maximum absolute atomic E-state index is 11.7. The minimum atomic E-state index is -3.73. The Kier molecular flexibility index (Phi) is 3.72. The van der Waals surface area contributed by atoms with Crippen molar-refractivity contribution in [3.05, 3.63) is 16.5 Å². The molecule has 1 aromatic heterocycles. The standard InChI is InChI=1S/C7H8ClNO4S2/c1-9(4-6(10)11)15(12,13)7-3-2-5(8)14-7/h2-3H,4H2,1H3,(H,10,11). The lowest BCUT2D eigenvalue weighted by atomic mass is 10.7. The summed E-state index contributed by atoms with van der Waals surface area (Å²) in [5, 5.41) is 8.47. The molecule has 1 N–H and O–H groups in total. The Balaban J connectivity index is 2.98. The van der Waals surface area contributed by atoms with E-state index in [0.29, 0.717) is 4.34 Å². The molecular weight excluding hydrogens is 262 g/mol. The molecule has 5 nitrogen and oxygen atoms in total. The molecule has 0 aliphatic heterocycles. The van der Waals surface area contributed by atoms with Crippen molar-refractivity contribution in [1.29, 1.82) is 0 Å². The average Bonchev–Trinajstić information content (AvgIpc) is 2.50. The van der Waals surface area contributed by atoms with Crippen LogP contribution in [0, 0.1) is 0 Å². The van der Waals surface area contributed by atoms with Crippen molar-refractivity contribution in [3.63, 3.8) is 0 Å². The van der Waals surface area contributed by atoms with Gasteiger partial charge in [-0.2, -0.15) is 4.31 Å². The van der Waals surface area contributed by atoms with Gasteiger partial charge in [-0.15, -0.1) is 11.3 Å². The number of hydrogen-bond donors (Lipinski definition) is 1. The number of halogens is 1. The Morgan fingerprint density at radius 2 is 2.20 bits per heavy atom. The van der Waals surface area contributed by atoms with E-state index in [2.05, 4.69) is 0 Å². The zero-order valence-corrected chi connectivity index (χ0v) is 10.1. The van der Waals surface area contributed by atoms with Crippen LogP contribution in [0.5, 0.6) is 0 Å². The second-order valence-corrected chi connectivity index (χ2v) is 6.70. The lowest BCUT2D eigenvalue weighted by molar-refractivity contribution is -0.137. The quantitative estimate of drug-likeness (QED) is 0.888. The Labute approximate surface area is 95.9 Å². The number of sulfonamides is 1. The molecule has 1 rings (SSSR count). The highest BCUT2D eigenvalue weighted by Gasteiger charge is 2.24. The summed E-state index contributed by atoms with van der Waals surface area (Å²) in [7, 11) is -2.52. The second kappa shape index (κ2) is 4.48. The molecule has 0 aliphatic carbocycles. The number of thiophene rings is 1. The average molecular weight is 270 g/mol. The van der Waals surface area contributed by atoms with Crippen molar-refractivity contribution in [2.24, 2.45) is 0 Å². The van der Waals surface area contributed by atoms with E-state index in [-0.39, 0.29) is 4.21 Å². The van der Waals surface area contributed by atoms with Crippen molar-refractivity contribution in [2.75, 3.05) is 13.6 Å². The van der Waals surface area contributed by atoms with Crippen molar-refractivity contribution in [3.8, 4) is 0 Å². The summed E-state index contributed by atoms with van der Waals surface area (Å²) in [5.41, 5.74) is 0. The number of likely N-dealkylation sites (N-methyl/N-ethyl adjacent to an activating group) is 1. The fourth-order valence-corrected chi connectivity index (χ4v) is 3.68. The summed E-state index contributed by atoms with van der Waals surface area (Å²) in [6.07, 6.45) is 0. The van der Waals surface area contributed by atoms with Gasteiger partial charge in [0.1, 0.15) is 10.8 Å². The van der Waals surface area contributed by atoms with Gasteiger partial charge in [0, 0.05) is 7.05 Å². The first kappa shape index (κ1) is 12.4. The van der Waals surface area contributed by atoms with Gasteiger partial charge in [0.25, 0.3) is 10.0 Å². The van der Waals surface area contributed by atoms with Gasteiger partial charge >= 0.3 is 5.97 Å². The largest absolute Gasteiger partial charge is 0.480 e. The third kappa shape index (κ3) is 2.91. The molecular formula is C7H8ClNO4S2. The summed E-state index contributed by atoms with van der Waals surface area (Å²) in [4.78, 5) is 10.4. The lowest BCUT2D eigenvalue weighted by Crippen LogP contribution is -2.31. The number of aliphatic carboxylic acids is 1. The monoisotopic (exact) mass is 269 g/mol. The molecule has 1 aromatic rings. The minimum Gasteiger partial charge on any atom is -0.480 e. The molecule has 0 atom stereocenters. The molecule has 0 bridgehead atoms. The van der Waals surface area contributed by atoms with Gasteiger partial charge in [0.05, 0.1) is 4.34 Å². The van der Waals surface area contributed by atoms with Crippen LogP contribution < -0.4 is 0 Å². The Morgan fingerprint density at radius 3 is 2.60 bits per heavy atom. The van der Waals surface area contributed by atoms with E-state index in [4.69, 9.17) is 16.7 Å². The van der Waals surface area contributed by atoms with Crippen LogP contribution in [-0.4, -0.2) is 37.4 Å². The van der Waals surface area contributed by atoms with Crippen molar-refractivity contribution in [1.82, 2.24) is 4.31 Å². The highest BCUT2D eigenvalue weighted by atomic mass is 35.5. The summed E-state index contributed by atoms with van der Waals surface area (Å²) >= 11 is 6.49. The van der Waals surface area contributed by atoms with Gasteiger partial charge in [-0.05, 0) is 12.1 Å². The van der Waals surface area contributed by atoms with E-state index < -0.39 is 22.5 Å². The van der Waals surface area contributed by atoms with Gasteiger partial charge in [0.15, 0.2) is 0 Å². The Bertz CT molecular complexity index is 467. The molecule has 84 valence electrons. The SMILES string of the molecule is CN(CC(=O)O)S(=O)(=O)c1ccc(Cl)s1. The van der Waals surface area contributed by atoms with Crippen LogP contribution >= 0.6 is 22.9 Å². The van der Waals surface area contributed by atoms with E-state index in [9.17, 15) is 13.2 Å². The first-order valence-corrected chi connectivity index (χ1v) is 6.41. The molecule has 0 saturated carbocycles. The number of rotatable bonds is 4. The summed E-state index contributed by atoms with van der Waals surface area (Å²) in [6, 6.07) is 2.80. The van der Waals surface area contributed by atoms with Crippen molar-refractivity contribution < 1.29 is 18.3 Å². The second-order valence-electron chi connectivity index (χ2n) is 2.71. The molecule has 0 radical (unpaired) electrons. The summed E-state index contributed by atoms with van der Waals surface area (Å²) in [5.74, 6) is -1.20. The van der Waals surface area contributed by atoms with Crippen LogP contribution in [0.2, 0.25) is 4.34 Å². The van der Waals surface area contributed by atoms with Crippen molar-refractivity contribution >= 4 is 38.9 Å².